The number of nitrogens with zero attached hydrogens (tertiary/aromatic N) is 6. The first-order valence-corrected chi connectivity index (χ1v) is 17.7. The monoisotopic (exact) mass is 658 g/mol. The van der Waals surface area contributed by atoms with Crippen molar-refractivity contribution in [3.05, 3.63) is 54.2 Å². The molecule has 3 aromatic rings. The summed E-state index contributed by atoms with van der Waals surface area (Å²) in [5.41, 5.74) is 4.05. The lowest BCUT2D eigenvalue weighted by molar-refractivity contribution is -0.124. The number of hydrogen-bond acceptors (Lipinski definition) is 8. The Morgan fingerprint density at radius 1 is 1.00 bits per heavy atom. The second-order valence-corrected chi connectivity index (χ2v) is 13.9. The van der Waals surface area contributed by atoms with E-state index in [-0.39, 0.29) is 30.1 Å². The van der Waals surface area contributed by atoms with Gasteiger partial charge in [0.15, 0.2) is 0 Å². The van der Waals surface area contributed by atoms with Gasteiger partial charge in [0.1, 0.15) is 17.7 Å². The number of anilines is 1. The molecule has 3 fully saturated rings. The number of morpholine rings is 1. The molecule has 2 saturated carbocycles. The summed E-state index contributed by atoms with van der Waals surface area (Å²) in [5.74, 6) is 2.25. The summed E-state index contributed by atoms with van der Waals surface area (Å²) in [5, 5.41) is 4.53. The zero-order valence-electron chi connectivity index (χ0n) is 28.8. The molecule has 0 atom stereocenters. The normalized spacial score (nSPS) is 23.1. The number of carbonyl (C=O) groups excluding carboxylic acids is 2. The number of methoxy groups -OCH3 is 1. The Morgan fingerprint density at radius 3 is 2.42 bits per heavy atom. The van der Waals surface area contributed by atoms with Crippen LogP contribution in [-0.2, 0) is 14.3 Å². The van der Waals surface area contributed by atoms with Gasteiger partial charge < -0.3 is 19.1 Å². The Hall–Kier alpha value is -3.99. The molecule has 1 aliphatic heterocycles. The minimum absolute atomic E-state index is 0.116. The number of hydrogen-bond donors (Lipinski definition) is 0. The molecule has 4 heterocycles. The number of rotatable bonds is 9. The van der Waals surface area contributed by atoms with Crippen LogP contribution in [0.15, 0.2) is 42.9 Å². The van der Waals surface area contributed by atoms with Crippen LogP contribution < -0.4 is 9.64 Å². The second kappa shape index (κ2) is 15.5. The Balaban J connectivity index is 1.15. The number of ether oxygens (including phenoxy) is 3. The molecule has 2 amide bonds. The topological polar surface area (TPSA) is 112 Å². The minimum Gasteiger partial charge on any atom is -0.495 e. The van der Waals surface area contributed by atoms with E-state index < -0.39 is 0 Å². The number of aromatic nitrogens is 4. The Kier molecular flexibility index (Phi) is 10.9. The van der Waals surface area contributed by atoms with Crippen molar-refractivity contribution in [1.82, 2.24) is 24.6 Å². The summed E-state index contributed by atoms with van der Waals surface area (Å²) in [6.45, 7) is 9.04. The quantitative estimate of drug-likeness (QED) is 0.254. The lowest BCUT2D eigenvalue weighted by Gasteiger charge is -2.36. The van der Waals surface area contributed by atoms with Crippen LogP contribution in [0.3, 0.4) is 0 Å². The maximum atomic E-state index is 14.4. The molecular weight excluding hydrogens is 608 g/mol. The highest BCUT2D eigenvalue weighted by molar-refractivity contribution is 5.94. The van der Waals surface area contributed by atoms with Gasteiger partial charge in [-0.3, -0.25) is 19.4 Å². The SMILES string of the molecule is COc1ccc(C2CCC(CN(C(=O)C3CCC(OC(=O)N4CCOCC4)CC3)c3cc(-c4cnn(C(C)C)c4)ccn3)CC2)nc1C. The molecule has 2 aliphatic carbocycles. The zero-order chi connectivity index (χ0) is 33.6. The molecule has 3 aliphatic rings. The molecular formula is C37H50N6O5. The van der Waals surface area contributed by atoms with Gasteiger partial charge in [-0.2, -0.15) is 5.10 Å². The summed E-state index contributed by atoms with van der Waals surface area (Å²) in [7, 11) is 1.68. The predicted molar refractivity (Wildman–Crippen MR) is 183 cm³/mol. The maximum absolute atomic E-state index is 14.4. The van der Waals surface area contributed by atoms with E-state index in [4.69, 9.17) is 24.2 Å². The van der Waals surface area contributed by atoms with Crippen molar-refractivity contribution in [2.75, 3.05) is 44.9 Å². The third-order valence-electron chi connectivity index (χ3n) is 10.3. The van der Waals surface area contributed by atoms with E-state index >= 15 is 0 Å². The van der Waals surface area contributed by atoms with Crippen LogP contribution in [0.5, 0.6) is 5.75 Å². The molecule has 0 unspecified atom stereocenters. The fourth-order valence-electron chi connectivity index (χ4n) is 7.33. The molecule has 11 nitrogen and oxygen atoms in total. The first kappa shape index (κ1) is 33.9. The van der Waals surface area contributed by atoms with Crippen LogP contribution in [0.2, 0.25) is 0 Å². The van der Waals surface area contributed by atoms with E-state index in [2.05, 4.69) is 25.0 Å². The lowest BCUT2D eigenvalue weighted by Crippen LogP contribution is -2.44. The molecule has 0 N–H and O–H groups in total. The first-order chi connectivity index (χ1) is 23.3. The number of aryl methyl sites for hydroxylation is 1. The van der Waals surface area contributed by atoms with Gasteiger partial charge in [-0.05, 0) is 108 Å². The summed E-state index contributed by atoms with van der Waals surface area (Å²) >= 11 is 0. The molecule has 3 aromatic heterocycles. The van der Waals surface area contributed by atoms with Crippen LogP contribution in [-0.4, -0.2) is 82.7 Å². The number of carbonyl (C=O) groups is 2. The van der Waals surface area contributed by atoms with Gasteiger partial charge in [0.05, 0.1) is 32.2 Å². The Bertz CT molecular complexity index is 1540. The average Bonchev–Trinajstić information content (AvgIpc) is 3.63. The van der Waals surface area contributed by atoms with Crippen molar-refractivity contribution in [3.8, 4) is 16.9 Å². The van der Waals surface area contributed by atoms with E-state index in [1.54, 1.807) is 18.2 Å². The number of pyridine rings is 2. The molecule has 48 heavy (non-hydrogen) atoms. The van der Waals surface area contributed by atoms with E-state index in [9.17, 15) is 9.59 Å². The van der Waals surface area contributed by atoms with Crippen molar-refractivity contribution in [1.29, 1.82) is 0 Å². The second-order valence-electron chi connectivity index (χ2n) is 13.9. The van der Waals surface area contributed by atoms with Crippen LogP contribution in [0.25, 0.3) is 11.1 Å². The van der Waals surface area contributed by atoms with Gasteiger partial charge >= 0.3 is 6.09 Å². The fourth-order valence-corrected chi connectivity index (χ4v) is 7.33. The van der Waals surface area contributed by atoms with Gasteiger partial charge in [0.2, 0.25) is 5.91 Å². The molecule has 1 saturated heterocycles. The van der Waals surface area contributed by atoms with Gasteiger partial charge in [0, 0.05) is 61.2 Å². The zero-order valence-corrected chi connectivity index (χ0v) is 28.8. The summed E-state index contributed by atoms with van der Waals surface area (Å²) in [6, 6.07) is 8.39. The van der Waals surface area contributed by atoms with Crippen molar-refractivity contribution in [3.63, 3.8) is 0 Å². The molecule has 0 aromatic carbocycles. The Labute approximate surface area is 284 Å². The van der Waals surface area contributed by atoms with Crippen LogP contribution in [0.1, 0.15) is 88.6 Å². The molecule has 0 spiro atoms. The molecule has 6 rings (SSSR count). The number of amides is 2. The molecule has 0 radical (unpaired) electrons. The largest absolute Gasteiger partial charge is 0.495 e. The van der Waals surface area contributed by atoms with Crippen LogP contribution >= 0.6 is 0 Å². The Morgan fingerprint density at radius 2 is 1.75 bits per heavy atom. The highest BCUT2D eigenvalue weighted by Gasteiger charge is 2.35. The third-order valence-corrected chi connectivity index (χ3v) is 10.3. The highest BCUT2D eigenvalue weighted by Crippen LogP contribution is 2.38. The van der Waals surface area contributed by atoms with Gasteiger partial charge in [-0.1, -0.05) is 0 Å². The van der Waals surface area contributed by atoms with E-state index in [1.807, 2.05) is 47.1 Å². The van der Waals surface area contributed by atoms with Crippen molar-refractivity contribution >= 4 is 17.8 Å². The summed E-state index contributed by atoms with van der Waals surface area (Å²) in [6.07, 6.45) is 12.1. The first-order valence-electron chi connectivity index (χ1n) is 17.7. The van der Waals surface area contributed by atoms with Gasteiger partial charge in [-0.25, -0.2) is 9.78 Å². The third kappa shape index (κ3) is 7.99. The highest BCUT2D eigenvalue weighted by atomic mass is 16.6. The van der Waals surface area contributed by atoms with Crippen molar-refractivity contribution < 1.29 is 23.8 Å². The smallest absolute Gasteiger partial charge is 0.410 e. The van der Waals surface area contributed by atoms with Gasteiger partial charge in [0.25, 0.3) is 0 Å². The molecule has 258 valence electrons. The van der Waals surface area contributed by atoms with Crippen molar-refractivity contribution in [2.45, 2.75) is 90.2 Å². The summed E-state index contributed by atoms with van der Waals surface area (Å²) < 4.78 is 18.6. The molecule has 0 bridgehead atoms. The van der Waals surface area contributed by atoms with E-state index in [1.165, 1.54) is 0 Å². The van der Waals surface area contributed by atoms with Gasteiger partial charge in [-0.15, -0.1) is 0 Å². The standard InChI is InChI=1S/C37H50N6O5/c1-25(2)43-24-31(22-39-43)30-15-16-38-35(21-30)42(23-27-5-7-28(8-6-27)33-13-14-34(46-4)26(3)40-33)36(44)29-9-11-32(12-10-29)48-37(45)41-17-19-47-20-18-41/h13-16,21-22,24-25,27-29,32H,5-12,17-20,23H2,1-4H3. The predicted octanol–water partition coefficient (Wildman–Crippen LogP) is 6.57. The van der Waals surface area contributed by atoms with Crippen LogP contribution in [0.4, 0.5) is 10.6 Å². The molecule has 11 heteroatoms. The minimum atomic E-state index is -0.271. The van der Waals surface area contributed by atoms with E-state index in [0.29, 0.717) is 76.2 Å². The van der Waals surface area contributed by atoms with Crippen LogP contribution in [0, 0.1) is 18.8 Å². The van der Waals surface area contributed by atoms with Crippen molar-refractivity contribution in [2.24, 2.45) is 11.8 Å². The average molecular weight is 659 g/mol. The lowest BCUT2D eigenvalue weighted by atomic mass is 9.79. The fraction of sp³-hybridized carbons (Fsp3) is 0.595. The van der Waals surface area contributed by atoms with E-state index in [0.717, 1.165) is 53.9 Å². The summed E-state index contributed by atoms with van der Waals surface area (Å²) in [4.78, 5) is 40.3. The maximum Gasteiger partial charge on any atom is 0.410 e.